The van der Waals surface area contributed by atoms with Gasteiger partial charge >= 0.3 is 0 Å². The summed E-state index contributed by atoms with van der Waals surface area (Å²) in [5.41, 5.74) is 1.45. The predicted octanol–water partition coefficient (Wildman–Crippen LogP) is 2.62. The Hall–Kier alpha value is -2.89. The van der Waals surface area contributed by atoms with Gasteiger partial charge in [0.2, 0.25) is 11.7 Å². The third kappa shape index (κ3) is 3.71. The third-order valence-corrected chi connectivity index (χ3v) is 3.73. The van der Waals surface area contributed by atoms with E-state index in [1.165, 1.54) is 14.2 Å². The molecular weight excluding hydrogens is 310 g/mol. The summed E-state index contributed by atoms with van der Waals surface area (Å²) in [6, 6.07) is 10.5. The molecule has 0 atom stereocenters. The minimum atomic E-state index is -0.102. The van der Waals surface area contributed by atoms with E-state index in [-0.39, 0.29) is 29.6 Å². The van der Waals surface area contributed by atoms with Crippen LogP contribution in [0.15, 0.2) is 36.4 Å². The molecule has 0 aromatic heterocycles. The van der Waals surface area contributed by atoms with Crippen LogP contribution in [0.3, 0.4) is 0 Å². The zero-order valence-corrected chi connectivity index (χ0v) is 14.2. The van der Waals surface area contributed by atoms with Gasteiger partial charge in [-0.3, -0.25) is 4.79 Å². The summed E-state index contributed by atoms with van der Waals surface area (Å²) in [6.07, 6.45) is 0.148. The summed E-state index contributed by atoms with van der Waals surface area (Å²) >= 11 is 0. The molecule has 2 aromatic carbocycles. The number of amides is 1. The molecule has 0 fully saturated rings. The first kappa shape index (κ1) is 17.5. The number of phenols is 1. The number of likely N-dealkylation sites (N-methyl/N-ethyl adjacent to an activating group) is 1. The minimum absolute atomic E-state index is 0.0836. The highest BCUT2D eigenvalue weighted by Crippen LogP contribution is 2.37. The smallest absolute Gasteiger partial charge is 0.231 e. The van der Waals surface area contributed by atoms with Crippen LogP contribution in [0.5, 0.6) is 23.0 Å². The van der Waals surface area contributed by atoms with E-state index in [0.29, 0.717) is 5.56 Å². The number of aromatic hydroxyl groups is 1. The van der Waals surface area contributed by atoms with E-state index in [9.17, 15) is 9.90 Å². The first-order valence-corrected chi connectivity index (χ1v) is 7.34. The fourth-order valence-corrected chi connectivity index (χ4v) is 2.29. The zero-order valence-electron chi connectivity index (χ0n) is 14.2. The summed E-state index contributed by atoms with van der Waals surface area (Å²) < 4.78 is 15.3. The van der Waals surface area contributed by atoms with Crippen LogP contribution in [-0.2, 0) is 11.2 Å². The van der Waals surface area contributed by atoms with E-state index in [1.807, 2.05) is 12.1 Å². The van der Waals surface area contributed by atoms with E-state index in [0.717, 1.165) is 11.4 Å². The fraction of sp³-hybridized carbons (Fsp3) is 0.278. The van der Waals surface area contributed by atoms with Crippen molar-refractivity contribution in [2.24, 2.45) is 0 Å². The van der Waals surface area contributed by atoms with Crippen LogP contribution >= 0.6 is 0 Å². The van der Waals surface area contributed by atoms with E-state index in [1.54, 1.807) is 43.3 Å². The molecule has 0 aliphatic heterocycles. The van der Waals surface area contributed by atoms with Gasteiger partial charge in [0.15, 0.2) is 11.5 Å². The van der Waals surface area contributed by atoms with Crippen molar-refractivity contribution in [3.8, 4) is 23.0 Å². The lowest BCUT2D eigenvalue weighted by Crippen LogP contribution is -2.27. The molecule has 0 aliphatic carbocycles. The number of methoxy groups -OCH3 is 3. The molecular formula is C18H21NO5. The Balaban J connectivity index is 2.18. The number of ether oxygens (including phenoxy) is 3. The van der Waals surface area contributed by atoms with Crippen molar-refractivity contribution in [3.05, 3.63) is 42.0 Å². The maximum Gasteiger partial charge on any atom is 0.231 e. The lowest BCUT2D eigenvalue weighted by Gasteiger charge is -2.18. The van der Waals surface area contributed by atoms with E-state index < -0.39 is 0 Å². The zero-order chi connectivity index (χ0) is 17.7. The molecule has 0 spiro atoms. The molecule has 128 valence electrons. The monoisotopic (exact) mass is 331 g/mol. The molecule has 2 rings (SSSR count). The Kier molecular flexibility index (Phi) is 5.52. The van der Waals surface area contributed by atoms with Crippen molar-refractivity contribution in [1.29, 1.82) is 0 Å². The number of carbonyl (C=O) groups is 1. The van der Waals surface area contributed by atoms with E-state index in [2.05, 4.69) is 0 Å². The molecule has 1 amide bonds. The summed E-state index contributed by atoms with van der Waals surface area (Å²) in [4.78, 5) is 14.1. The fourth-order valence-electron chi connectivity index (χ4n) is 2.29. The van der Waals surface area contributed by atoms with Gasteiger partial charge in [0.05, 0.1) is 27.8 Å². The first-order chi connectivity index (χ1) is 11.5. The maximum atomic E-state index is 12.5. The van der Waals surface area contributed by atoms with Crippen LogP contribution < -0.4 is 19.1 Å². The van der Waals surface area contributed by atoms with Gasteiger partial charge in [0.25, 0.3) is 0 Å². The number of anilines is 1. The Morgan fingerprint density at radius 2 is 1.54 bits per heavy atom. The van der Waals surface area contributed by atoms with Gasteiger partial charge in [-0.05, 0) is 42.0 Å². The SMILES string of the molecule is COc1ccc(N(C)C(=O)Cc2cc(OC)c(O)c(OC)c2)cc1. The Labute approximate surface area is 141 Å². The Bertz CT molecular complexity index is 687. The highest BCUT2D eigenvalue weighted by Gasteiger charge is 2.16. The second-order valence-electron chi connectivity index (χ2n) is 5.18. The number of hydrogen-bond acceptors (Lipinski definition) is 5. The van der Waals surface area contributed by atoms with Crippen molar-refractivity contribution in [1.82, 2.24) is 0 Å². The van der Waals surface area contributed by atoms with E-state index in [4.69, 9.17) is 14.2 Å². The molecule has 0 radical (unpaired) electrons. The third-order valence-electron chi connectivity index (χ3n) is 3.73. The number of benzene rings is 2. The average molecular weight is 331 g/mol. The lowest BCUT2D eigenvalue weighted by atomic mass is 10.1. The molecule has 0 aliphatic rings. The quantitative estimate of drug-likeness (QED) is 0.881. The molecule has 24 heavy (non-hydrogen) atoms. The van der Waals surface area contributed by atoms with E-state index >= 15 is 0 Å². The molecule has 6 nitrogen and oxygen atoms in total. The van der Waals surface area contributed by atoms with Gasteiger partial charge < -0.3 is 24.2 Å². The van der Waals surface area contributed by atoms with Crippen molar-refractivity contribution >= 4 is 11.6 Å². The summed E-state index contributed by atoms with van der Waals surface area (Å²) in [7, 11) is 6.20. The average Bonchev–Trinajstić information content (AvgIpc) is 2.62. The van der Waals surface area contributed by atoms with Crippen LogP contribution in [0.4, 0.5) is 5.69 Å². The van der Waals surface area contributed by atoms with Crippen LogP contribution in [0, 0.1) is 0 Å². The molecule has 2 aromatic rings. The van der Waals surface area contributed by atoms with Gasteiger partial charge in [-0.25, -0.2) is 0 Å². The van der Waals surface area contributed by atoms with Gasteiger partial charge in [0.1, 0.15) is 5.75 Å². The largest absolute Gasteiger partial charge is 0.502 e. The maximum absolute atomic E-state index is 12.5. The molecule has 1 N–H and O–H groups in total. The van der Waals surface area contributed by atoms with Crippen molar-refractivity contribution in [2.45, 2.75) is 6.42 Å². The van der Waals surface area contributed by atoms with Crippen LogP contribution in [0.25, 0.3) is 0 Å². The highest BCUT2D eigenvalue weighted by atomic mass is 16.5. The number of rotatable bonds is 6. The van der Waals surface area contributed by atoms with Crippen LogP contribution in [0.2, 0.25) is 0 Å². The van der Waals surface area contributed by atoms with Gasteiger partial charge in [-0.2, -0.15) is 0 Å². The number of carbonyl (C=O) groups excluding carboxylic acids is 1. The summed E-state index contributed by atoms with van der Waals surface area (Å²) in [6.45, 7) is 0. The second-order valence-corrected chi connectivity index (χ2v) is 5.18. The first-order valence-electron chi connectivity index (χ1n) is 7.34. The summed E-state index contributed by atoms with van der Waals surface area (Å²) in [5, 5.41) is 9.93. The Morgan fingerprint density at radius 1 is 1.00 bits per heavy atom. The molecule has 0 heterocycles. The molecule has 6 heteroatoms. The summed E-state index contributed by atoms with van der Waals surface area (Å²) in [5.74, 6) is 1.08. The van der Waals surface area contributed by atoms with Gasteiger partial charge in [-0.1, -0.05) is 0 Å². The topological polar surface area (TPSA) is 68.2 Å². The standard InChI is InChI=1S/C18H21NO5/c1-19(13-5-7-14(22-2)8-6-13)17(20)11-12-9-15(23-3)18(21)16(10-12)24-4/h5-10,21H,11H2,1-4H3. The van der Waals surface area contributed by atoms with Gasteiger partial charge in [0, 0.05) is 12.7 Å². The minimum Gasteiger partial charge on any atom is -0.502 e. The van der Waals surface area contributed by atoms with Crippen molar-refractivity contribution < 1.29 is 24.1 Å². The van der Waals surface area contributed by atoms with Crippen LogP contribution in [0.1, 0.15) is 5.56 Å². The van der Waals surface area contributed by atoms with Crippen LogP contribution in [-0.4, -0.2) is 39.4 Å². The molecule has 0 bridgehead atoms. The number of nitrogens with zero attached hydrogens (tertiary/aromatic N) is 1. The normalized spacial score (nSPS) is 10.2. The highest BCUT2D eigenvalue weighted by molar-refractivity contribution is 5.94. The Morgan fingerprint density at radius 3 is 2.00 bits per heavy atom. The number of phenolic OH excluding ortho intramolecular Hbond substituents is 1. The van der Waals surface area contributed by atoms with Crippen molar-refractivity contribution in [3.63, 3.8) is 0 Å². The van der Waals surface area contributed by atoms with Crippen molar-refractivity contribution in [2.75, 3.05) is 33.3 Å². The molecule has 0 saturated carbocycles. The molecule has 0 saturated heterocycles. The second kappa shape index (κ2) is 7.59. The van der Waals surface area contributed by atoms with Gasteiger partial charge in [-0.15, -0.1) is 0 Å². The molecule has 0 unspecified atom stereocenters. The predicted molar refractivity (Wildman–Crippen MR) is 91.3 cm³/mol. The number of hydrogen-bond donors (Lipinski definition) is 1. The lowest BCUT2D eigenvalue weighted by molar-refractivity contribution is -0.117.